The fraction of sp³-hybridized carbons (Fsp3) is 0.273. The van der Waals surface area contributed by atoms with Gasteiger partial charge in [-0.1, -0.05) is 11.6 Å². The number of nitrogens with one attached hydrogen (secondary N) is 2. The van der Waals surface area contributed by atoms with Gasteiger partial charge in [0.1, 0.15) is 0 Å². The van der Waals surface area contributed by atoms with E-state index in [1.165, 1.54) is 12.1 Å². The van der Waals surface area contributed by atoms with E-state index < -0.39 is 5.91 Å². The number of hydrogen-bond acceptors (Lipinski definition) is 4. The average molecular weight is 286 g/mol. The topological polar surface area (TPSA) is 84.2 Å². The smallest absolute Gasteiger partial charge is 0.250 e. The summed E-state index contributed by atoms with van der Waals surface area (Å²) in [5.74, 6) is 0.760. The molecule has 7 heteroatoms. The minimum atomic E-state index is -0.620. The van der Waals surface area contributed by atoms with Crippen LogP contribution in [-0.4, -0.2) is 29.5 Å². The molecule has 96 valence electrons. The number of carbonyl (C=O) groups is 2. The first-order chi connectivity index (χ1) is 8.58. The first kappa shape index (κ1) is 13.2. The van der Waals surface area contributed by atoms with Crippen molar-refractivity contribution in [2.45, 2.75) is 6.04 Å². The molecule has 0 aromatic heterocycles. The van der Waals surface area contributed by atoms with E-state index in [1.807, 2.05) is 0 Å². The van der Waals surface area contributed by atoms with Crippen molar-refractivity contribution in [3.8, 4) is 0 Å². The van der Waals surface area contributed by atoms with E-state index in [-0.39, 0.29) is 22.5 Å². The molecule has 0 aliphatic carbocycles. The van der Waals surface area contributed by atoms with E-state index in [0.29, 0.717) is 5.69 Å². The Bertz CT molecular complexity index is 489. The summed E-state index contributed by atoms with van der Waals surface area (Å²) in [4.78, 5) is 23.0. The van der Waals surface area contributed by atoms with Crippen LogP contribution in [-0.2, 0) is 4.79 Å². The summed E-state index contributed by atoms with van der Waals surface area (Å²) in [7, 11) is 0. The summed E-state index contributed by atoms with van der Waals surface area (Å²) in [6.45, 7) is 0. The molecule has 1 saturated heterocycles. The minimum Gasteiger partial charge on any atom is -0.366 e. The number of thioether (sulfide) groups is 1. The molecule has 0 saturated carbocycles. The number of nitrogens with two attached hydrogens (primary N) is 1. The number of hydrogen-bond donors (Lipinski definition) is 3. The monoisotopic (exact) mass is 285 g/mol. The molecular weight excluding hydrogens is 274 g/mol. The lowest BCUT2D eigenvalue weighted by atomic mass is 10.2. The lowest BCUT2D eigenvalue weighted by Gasteiger charge is -2.11. The number of benzene rings is 1. The van der Waals surface area contributed by atoms with E-state index in [9.17, 15) is 9.59 Å². The highest BCUT2D eigenvalue weighted by Gasteiger charge is 2.22. The molecule has 1 atom stereocenters. The van der Waals surface area contributed by atoms with E-state index in [2.05, 4.69) is 10.6 Å². The van der Waals surface area contributed by atoms with Crippen molar-refractivity contribution in [3.63, 3.8) is 0 Å². The highest BCUT2D eigenvalue weighted by molar-refractivity contribution is 7.99. The van der Waals surface area contributed by atoms with Gasteiger partial charge in [0.05, 0.1) is 16.6 Å². The Balaban J connectivity index is 2.11. The van der Waals surface area contributed by atoms with Crippen molar-refractivity contribution >= 4 is 40.9 Å². The molecule has 1 aliphatic heterocycles. The normalized spacial score (nSPS) is 18.6. The lowest BCUT2D eigenvalue weighted by molar-refractivity contribution is -0.117. The fourth-order valence-corrected chi connectivity index (χ4v) is 2.74. The summed E-state index contributed by atoms with van der Waals surface area (Å²) in [5.41, 5.74) is 5.89. The molecule has 0 spiro atoms. The van der Waals surface area contributed by atoms with Crippen LogP contribution in [0.2, 0.25) is 5.02 Å². The molecule has 4 N–H and O–H groups in total. The molecule has 1 heterocycles. The molecular formula is C11H12ClN3O2S. The number of carbonyl (C=O) groups excluding carboxylic acids is 2. The van der Waals surface area contributed by atoms with Gasteiger partial charge in [0.15, 0.2) is 0 Å². The summed E-state index contributed by atoms with van der Waals surface area (Å²) in [5, 5.41) is 6.06. The summed E-state index contributed by atoms with van der Waals surface area (Å²) in [6, 6.07) is 4.44. The third-order valence-electron chi connectivity index (χ3n) is 2.53. The van der Waals surface area contributed by atoms with E-state index in [4.69, 9.17) is 17.3 Å². The molecule has 0 radical (unpaired) electrons. The van der Waals surface area contributed by atoms with Crippen LogP contribution in [0.15, 0.2) is 18.2 Å². The first-order valence-corrected chi connectivity index (χ1v) is 6.82. The van der Waals surface area contributed by atoms with Gasteiger partial charge in [0, 0.05) is 17.3 Å². The number of amides is 2. The second-order valence-corrected chi connectivity index (χ2v) is 5.26. The SMILES string of the molecule is NC(=O)c1cc(NC(=O)C2CSCN2)ccc1Cl. The van der Waals surface area contributed by atoms with Crippen molar-refractivity contribution in [2.75, 3.05) is 16.9 Å². The van der Waals surface area contributed by atoms with Crippen molar-refractivity contribution in [3.05, 3.63) is 28.8 Å². The van der Waals surface area contributed by atoms with Crippen molar-refractivity contribution < 1.29 is 9.59 Å². The highest BCUT2D eigenvalue weighted by atomic mass is 35.5. The molecule has 1 fully saturated rings. The van der Waals surface area contributed by atoms with Gasteiger partial charge >= 0.3 is 0 Å². The number of rotatable bonds is 3. The lowest BCUT2D eigenvalue weighted by Crippen LogP contribution is -2.37. The van der Waals surface area contributed by atoms with Gasteiger partial charge in [0.2, 0.25) is 11.8 Å². The number of primary amides is 1. The Hall–Kier alpha value is -1.24. The zero-order chi connectivity index (χ0) is 13.1. The standard InChI is InChI=1S/C11H12ClN3O2S/c12-8-2-1-6(3-7(8)10(13)16)15-11(17)9-4-18-5-14-9/h1-3,9,14H,4-5H2,(H2,13,16)(H,15,17). The molecule has 5 nitrogen and oxygen atoms in total. The Morgan fingerprint density at radius 2 is 2.28 bits per heavy atom. The van der Waals surface area contributed by atoms with Crippen LogP contribution >= 0.6 is 23.4 Å². The minimum absolute atomic E-state index is 0.127. The molecule has 18 heavy (non-hydrogen) atoms. The quantitative estimate of drug-likeness (QED) is 0.775. The van der Waals surface area contributed by atoms with Crippen molar-refractivity contribution in [2.24, 2.45) is 5.73 Å². The maximum atomic E-state index is 11.8. The third kappa shape index (κ3) is 2.95. The van der Waals surface area contributed by atoms with Gasteiger partial charge in [-0.25, -0.2) is 0 Å². The Labute approximate surface area is 113 Å². The summed E-state index contributed by atoms with van der Waals surface area (Å²) >= 11 is 7.49. The first-order valence-electron chi connectivity index (χ1n) is 5.29. The largest absolute Gasteiger partial charge is 0.366 e. The van der Waals surface area contributed by atoms with E-state index in [0.717, 1.165) is 11.6 Å². The van der Waals surface area contributed by atoms with Gasteiger partial charge in [-0.05, 0) is 18.2 Å². The van der Waals surface area contributed by atoms with E-state index in [1.54, 1.807) is 17.8 Å². The summed E-state index contributed by atoms with van der Waals surface area (Å²) in [6.07, 6.45) is 0. The van der Waals surface area contributed by atoms with Gasteiger partial charge in [-0.15, -0.1) is 11.8 Å². The van der Waals surface area contributed by atoms with Gasteiger partial charge in [0.25, 0.3) is 0 Å². The number of halogens is 1. The molecule has 1 unspecified atom stereocenters. The maximum Gasteiger partial charge on any atom is 0.250 e. The molecule has 2 rings (SSSR count). The van der Waals surface area contributed by atoms with E-state index >= 15 is 0 Å². The zero-order valence-electron chi connectivity index (χ0n) is 9.40. The average Bonchev–Trinajstić information content (AvgIpc) is 2.85. The maximum absolute atomic E-state index is 11.8. The van der Waals surface area contributed by atoms with Crippen LogP contribution in [0.5, 0.6) is 0 Å². The van der Waals surface area contributed by atoms with Crippen molar-refractivity contribution in [1.29, 1.82) is 0 Å². The van der Waals surface area contributed by atoms with Crippen LogP contribution in [0, 0.1) is 0 Å². The Kier molecular flexibility index (Phi) is 4.11. The van der Waals surface area contributed by atoms with Crippen LogP contribution in [0.3, 0.4) is 0 Å². The Morgan fingerprint density at radius 1 is 1.50 bits per heavy atom. The Morgan fingerprint density at radius 3 is 2.89 bits per heavy atom. The third-order valence-corrected chi connectivity index (χ3v) is 3.80. The van der Waals surface area contributed by atoms with Crippen LogP contribution in [0.1, 0.15) is 10.4 Å². The molecule has 1 aliphatic rings. The van der Waals surface area contributed by atoms with Crippen LogP contribution < -0.4 is 16.4 Å². The highest BCUT2D eigenvalue weighted by Crippen LogP contribution is 2.20. The zero-order valence-corrected chi connectivity index (χ0v) is 11.0. The summed E-state index contributed by atoms with van der Waals surface area (Å²) < 4.78 is 0. The number of anilines is 1. The molecule has 0 bridgehead atoms. The molecule has 2 amide bonds. The predicted molar refractivity (Wildman–Crippen MR) is 72.8 cm³/mol. The van der Waals surface area contributed by atoms with Crippen LogP contribution in [0.4, 0.5) is 5.69 Å². The van der Waals surface area contributed by atoms with Gasteiger partial charge in [-0.3, -0.25) is 14.9 Å². The van der Waals surface area contributed by atoms with Crippen LogP contribution in [0.25, 0.3) is 0 Å². The molecule has 1 aromatic carbocycles. The van der Waals surface area contributed by atoms with Gasteiger partial charge in [-0.2, -0.15) is 0 Å². The van der Waals surface area contributed by atoms with Crippen molar-refractivity contribution in [1.82, 2.24) is 5.32 Å². The fourth-order valence-electron chi connectivity index (χ4n) is 1.58. The predicted octanol–water partition coefficient (Wildman–Crippen LogP) is 1.04. The van der Waals surface area contributed by atoms with Gasteiger partial charge < -0.3 is 11.1 Å². The second kappa shape index (κ2) is 5.60. The molecule has 1 aromatic rings. The second-order valence-electron chi connectivity index (χ2n) is 3.82.